The third kappa shape index (κ3) is 4.03. The third-order valence-corrected chi connectivity index (χ3v) is 4.96. The van der Waals surface area contributed by atoms with Crippen LogP contribution < -0.4 is 4.74 Å². The van der Waals surface area contributed by atoms with Gasteiger partial charge in [-0.2, -0.15) is 0 Å². The van der Waals surface area contributed by atoms with Crippen molar-refractivity contribution in [2.45, 2.75) is 25.2 Å². The second-order valence-electron chi connectivity index (χ2n) is 6.86. The van der Waals surface area contributed by atoms with E-state index in [-0.39, 0.29) is 11.8 Å². The minimum Gasteiger partial charge on any atom is -0.497 e. The minimum absolute atomic E-state index is 0.0542. The van der Waals surface area contributed by atoms with Crippen molar-refractivity contribution in [2.24, 2.45) is 0 Å². The molecule has 2 aromatic heterocycles. The van der Waals surface area contributed by atoms with Crippen LogP contribution in [0.5, 0.6) is 5.75 Å². The molecule has 0 saturated carbocycles. The molecule has 4 rings (SSSR count). The van der Waals surface area contributed by atoms with E-state index in [1.165, 1.54) is 0 Å². The van der Waals surface area contributed by atoms with Crippen LogP contribution >= 0.6 is 0 Å². The van der Waals surface area contributed by atoms with E-state index in [2.05, 4.69) is 15.2 Å². The maximum Gasteiger partial charge on any atom is 0.266 e. The van der Waals surface area contributed by atoms with Crippen LogP contribution in [-0.2, 0) is 11.2 Å². The van der Waals surface area contributed by atoms with E-state index >= 15 is 0 Å². The van der Waals surface area contributed by atoms with Crippen molar-refractivity contribution in [3.8, 4) is 17.3 Å². The van der Waals surface area contributed by atoms with Crippen LogP contribution in [0, 0.1) is 0 Å². The van der Waals surface area contributed by atoms with Crippen molar-refractivity contribution in [1.29, 1.82) is 0 Å². The first kappa shape index (κ1) is 18.2. The topological polar surface area (TPSA) is 81.4 Å². The highest BCUT2D eigenvalue weighted by Gasteiger charge is 2.28. The highest BCUT2D eigenvalue weighted by Crippen LogP contribution is 2.28. The number of methoxy groups -OCH3 is 1. The molecule has 1 aliphatic rings. The summed E-state index contributed by atoms with van der Waals surface area (Å²) in [5, 5.41) is 8.33. The van der Waals surface area contributed by atoms with Crippen LogP contribution in [0.4, 0.5) is 0 Å². The monoisotopic (exact) mass is 378 g/mol. The first-order chi connectivity index (χ1) is 13.7. The van der Waals surface area contributed by atoms with Gasteiger partial charge in [-0.1, -0.05) is 18.2 Å². The van der Waals surface area contributed by atoms with E-state index < -0.39 is 0 Å². The molecule has 1 aliphatic heterocycles. The van der Waals surface area contributed by atoms with Crippen LogP contribution in [0.25, 0.3) is 11.6 Å². The minimum atomic E-state index is 0.0542. The summed E-state index contributed by atoms with van der Waals surface area (Å²) in [6, 6.07) is 13.2. The summed E-state index contributed by atoms with van der Waals surface area (Å²) in [6.07, 6.45) is 3.91. The lowest BCUT2D eigenvalue weighted by molar-refractivity contribution is -0.131. The summed E-state index contributed by atoms with van der Waals surface area (Å²) in [5.74, 6) is 1.94. The number of amides is 1. The van der Waals surface area contributed by atoms with Gasteiger partial charge in [0.1, 0.15) is 11.4 Å². The SMILES string of the molecule is COc1ccc(CC(=O)N2CCC[C@@H](c3nnc(-c4ccccn4)o3)C2)cc1. The number of nitrogens with zero attached hydrogens (tertiary/aromatic N) is 4. The molecular weight excluding hydrogens is 356 g/mol. The fraction of sp³-hybridized carbons (Fsp3) is 0.333. The van der Waals surface area contributed by atoms with E-state index in [4.69, 9.17) is 9.15 Å². The Morgan fingerprint density at radius 2 is 2.07 bits per heavy atom. The summed E-state index contributed by atoms with van der Waals surface area (Å²) in [4.78, 5) is 18.9. The summed E-state index contributed by atoms with van der Waals surface area (Å²) in [7, 11) is 1.63. The largest absolute Gasteiger partial charge is 0.497 e. The Morgan fingerprint density at radius 3 is 2.82 bits per heavy atom. The zero-order valence-corrected chi connectivity index (χ0v) is 15.7. The fourth-order valence-electron chi connectivity index (χ4n) is 3.43. The van der Waals surface area contributed by atoms with E-state index in [9.17, 15) is 4.79 Å². The molecule has 0 N–H and O–H groups in total. The first-order valence-electron chi connectivity index (χ1n) is 9.38. The number of rotatable bonds is 5. The van der Waals surface area contributed by atoms with Gasteiger partial charge in [-0.25, -0.2) is 0 Å². The van der Waals surface area contributed by atoms with E-state index in [0.717, 1.165) is 30.7 Å². The maximum absolute atomic E-state index is 12.7. The molecule has 1 atom stereocenters. The second-order valence-corrected chi connectivity index (χ2v) is 6.86. The zero-order valence-electron chi connectivity index (χ0n) is 15.7. The van der Waals surface area contributed by atoms with Gasteiger partial charge in [-0.3, -0.25) is 9.78 Å². The fourth-order valence-corrected chi connectivity index (χ4v) is 3.43. The van der Waals surface area contributed by atoms with Crippen LogP contribution in [0.2, 0.25) is 0 Å². The van der Waals surface area contributed by atoms with Gasteiger partial charge < -0.3 is 14.1 Å². The highest BCUT2D eigenvalue weighted by molar-refractivity contribution is 5.79. The van der Waals surface area contributed by atoms with Gasteiger partial charge in [0.25, 0.3) is 5.89 Å². The van der Waals surface area contributed by atoms with Gasteiger partial charge in [0.05, 0.1) is 19.4 Å². The molecule has 0 bridgehead atoms. The third-order valence-electron chi connectivity index (χ3n) is 4.96. The van der Waals surface area contributed by atoms with Gasteiger partial charge in [0.15, 0.2) is 0 Å². The molecule has 0 aliphatic carbocycles. The Labute approximate surface area is 163 Å². The molecule has 3 heterocycles. The van der Waals surface area contributed by atoms with E-state index in [1.807, 2.05) is 47.4 Å². The molecule has 0 unspecified atom stereocenters. The zero-order chi connectivity index (χ0) is 19.3. The number of hydrogen-bond acceptors (Lipinski definition) is 6. The number of piperidine rings is 1. The lowest BCUT2D eigenvalue weighted by atomic mass is 9.97. The summed E-state index contributed by atoms with van der Waals surface area (Å²) in [6.45, 7) is 1.35. The average molecular weight is 378 g/mol. The lowest BCUT2D eigenvalue weighted by Gasteiger charge is -2.31. The molecule has 1 saturated heterocycles. The van der Waals surface area contributed by atoms with Gasteiger partial charge in [0, 0.05) is 19.3 Å². The smallest absolute Gasteiger partial charge is 0.266 e. The molecule has 0 spiro atoms. The Morgan fingerprint density at radius 1 is 1.21 bits per heavy atom. The number of pyridine rings is 1. The number of likely N-dealkylation sites (tertiary alicyclic amines) is 1. The molecule has 7 nitrogen and oxygen atoms in total. The van der Waals surface area contributed by atoms with Crippen molar-refractivity contribution in [1.82, 2.24) is 20.1 Å². The Bertz CT molecular complexity index is 924. The molecule has 144 valence electrons. The van der Waals surface area contributed by atoms with Crippen molar-refractivity contribution in [3.05, 3.63) is 60.1 Å². The first-order valence-corrected chi connectivity index (χ1v) is 9.38. The molecule has 1 amide bonds. The molecule has 1 aromatic carbocycles. The molecule has 1 fully saturated rings. The number of hydrogen-bond donors (Lipinski definition) is 0. The summed E-state index contributed by atoms with van der Waals surface area (Å²) in [5.41, 5.74) is 1.63. The van der Waals surface area contributed by atoms with Gasteiger partial charge in [-0.15, -0.1) is 10.2 Å². The number of benzene rings is 1. The van der Waals surface area contributed by atoms with Crippen molar-refractivity contribution >= 4 is 5.91 Å². The van der Waals surface area contributed by atoms with Crippen LogP contribution in [0.3, 0.4) is 0 Å². The summed E-state index contributed by atoms with van der Waals surface area (Å²) < 4.78 is 11.0. The molecule has 3 aromatic rings. The molecule has 0 radical (unpaired) electrons. The number of carbonyl (C=O) groups excluding carboxylic acids is 1. The Kier molecular flexibility index (Phi) is 5.32. The maximum atomic E-state index is 12.7. The molecule has 7 heteroatoms. The Hall–Kier alpha value is -3.22. The Balaban J connectivity index is 1.41. The van der Waals surface area contributed by atoms with Crippen molar-refractivity contribution < 1.29 is 13.9 Å². The number of aromatic nitrogens is 3. The van der Waals surface area contributed by atoms with Crippen LogP contribution in [-0.4, -0.2) is 46.2 Å². The number of ether oxygens (including phenoxy) is 1. The van der Waals surface area contributed by atoms with Crippen molar-refractivity contribution in [3.63, 3.8) is 0 Å². The van der Waals surface area contributed by atoms with E-state index in [1.54, 1.807) is 13.3 Å². The number of carbonyl (C=O) groups is 1. The van der Waals surface area contributed by atoms with Gasteiger partial charge >= 0.3 is 0 Å². The predicted molar refractivity (Wildman–Crippen MR) is 103 cm³/mol. The van der Waals surface area contributed by atoms with Crippen LogP contribution in [0.15, 0.2) is 53.1 Å². The predicted octanol–water partition coefficient (Wildman–Crippen LogP) is 3.09. The molecule has 28 heavy (non-hydrogen) atoms. The highest BCUT2D eigenvalue weighted by atomic mass is 16.5. The van der Waals surface area contributed by atoms with Gasteiger partial charge in [-0.05, 0) is 42.7 Å². The second kappa shape index (κ2) is 8.21. The molecular formula is C21H22N4O3. The lowest BCUT2D eigenvalue weighted by Crippen LogP contribution is -2.40. The average Bonchev–Trinajstić information content (AvgIpc) is 3.25. The standard InChI is InChI=1S/C21H22N4O3/c1-27-17-9-7-15(8-10-17)13-19(26)25-12-4-5-16(14-25)20-23-24-21(28-20)18-6-2-3-11-22-18/h2-3,6-11,16H,4-5,12-14H2,1H3/t16-/m1/s1. The normalized spacial score (nSPS) is 16.8. The summed E-state index contributed by atoms with van der Waals surface area (Å²) >= 11 is 0. The van der Waals surface area contributed by atoms with Crippen molar-refractivity contribution in [2.75, 3.05) is 20.2 Å². The van der Waals surface area contributed by atoms with Crippen LogP contribution in [0.1, 0.15) is 30.2 Å². The van der Waals surface area contributed by atoms with E-state index in [0.29, 0.717) is 30.4 Å². The van der Waals surface area contributed by atoms with Gasteiger partial charge in [0.2, 0.25) is 11.8 Å². The quantitative estimate of drug-likeness (QED) is 0.679.